The number of benzene rings is 1. The molecule has 1 aromatic carbocycles. The quantitative estimate of drug-likeness (QED) is 0.719. The Hall–Kier alpha value is -1.37. The van der Waals surface area contributed by atoms with E-state index < -0.39 is 0 Å². The van der Waals surface area contributed by atoms with Crippen molar-refractivity contribution in [3.05, 3.63) is 58.5 Å². The number of furan rings is 1. The van der Waals surface area contributed by atoms with E-state index in [0.29, 0.717) is 5.76 Å². The zero-order valence-electron chi connectivity index (χ0n) is 17.0. The first-order valence-electron chi connectivity index (χ1n) is 10.6. The summed E-state index contributed by atoms with van der Waals surface area (Å²) in [5.41, 5.74) is 3.76. The average molecular weight is 429 g/mol. The van der Waals surface area contributed by atoms with Gasteiger partial charge in [0.2, 0.25) is 0 Å². The number of hydrogen-bond acceptors (Lipinski definition) is 5. The molecule has 3 heterocycles. The van der Waals surface area contributed by atoms with Gasteiger partial charge < -0.3 is 9.32 Å². The number of hydrogen-bond donors (Lipinski definition) is 0. The Bertz CT molecular complexity index is 882. The van der Waals surface area contributed by atoms with Gasteiger partial charge in [-0.1, -0.05) is 30.3 Å². The molecule has 2 fully saturated rings. The highest BCUT2D eigenvalue weighted by Gasteiger charge is 2.45. The van der Waals surface area contributed by atoms with E-state index in [0.717, 1.165) is 56.9 Å². The van der Waals surface area contributed by atoms with Gasteiger partial charge in [-0.25, -0.2) is 0 Å². The van der Waals surface area contributed by atoms with Gasteiger partial charge in [0.15, 0.2) is 5.76 Å². The molecule has 0 saturated carbocycles. The molecule has 0 N–H and O–H groups in total. The van der Waals surface area contributed by atoms with Crippen LogP contribution in [-0.4, -0.2) is 53.4 Å². The minimum absolute atomic E-state index is 0.0828. The standard InChI is InChI=1S/C23H28N2O2S2/c1-17-20-19(8-5-9-23(20)28-14-15-29-23)27-21(17)22(26)25-12-10-24(11-13-25)16-18-6-3-2-4-7-18/h2-4,6-7H,5,8-16H2,1H3. The predicted molar refractivity (Wildman–Crippen MR) is 121 cm³/mol. The van der Waals surface area contributed by atoms with Crippen molar-refractivity contribution in [1.82, 2.24) is 9.80 Å². The topological polar surface area (TPSA) is 36.7 Å². The lowest BCUT2D eigenvalue weighted by Gasteiger charge is -2.34. The summed E-state index contributed by atoms with van der Waals surface area (Å²) in [7, 11) is 0. The minimum Gasteiger partial charge on any atom is -0.455 e. The fraction of sp³-hybridized carbons (Fsp3) is 0.522. The van der Waals surface area contributed by atoms with Gasteiger partial charge in [0.05, 0.1) is 4.08 Å². The second-order valence-electron chi connectivity index (χ2n) is 8.21. The van der Waals surface area contributed by atoms with Crippen molar-refractivity contribution in [3.8, 4) is 0 Å². The van der Waals surface area contributed by atoms with E-state index >= 15 is 0 Å². The molecule has 1 aliphatic carbocycles. The lowest BCUT2D eigenvalue weighted by Crippen LogP contribution is -2.48. The first-order chi connectivity index (χ1) is 14.2. The monoisotopic (exact) mass is 428 g/mol. The first kappa shape index (κ1) is 19.6. The molecular weight excluding hydrogens is 400 g/mol. The third-order valence-corrected chi connectivity index (χ3v) is 9.90. The lowest BCUT2D eigenvalue weighted by atomic mass is 9.94. The molecule has 2 aromatic rings. The van der Waals surface area contributed by atoms with Crippen LogP contribution < -0.4 is 0 Å². The van der Waals surface area contributed by atoms with Crippen LogP contribution in [0.4, 0.5) is 0 Å². The summed E-state index contributed by atoms with van der Waals surface area (Å²) >= 11 is 4.11. The third-order valence-electron chi connectivity index (χ3n) is 6.37. The molecule has 3 aliphatic rings. The molecule has 0 atom stereocenters. The minimum atomic E-state index is 0.0828. The maximum atomic E-state index is 13.3. The van der Waals surface area contributed by atoms with E-state index in [1.165, 1.54) is 29.1 Å². The Morgan fingerprint density at radius 2 is 1.83 bits per heavy atom. The van der Waals surface area contributed by atoms with Crippen LogP contribution >= 0.6 is 23.5 Å². The smallest absolute Gasteiger partial charge is 0.289 e. The molecule has 1 aromatic heterocycles. The molecule has 2 aliphatic heterocycles. The highest BCUT2D eigenvalue weighted by atomic mass is 32.2. The van der Waals surface area contributed by atoms with Gasteiger partial charge in [-0.2, -0.15) is 0 Å². The molecule has 29 heavy (non-hydrogen) atoms. The Labute approximate surface area is 181 Å². The van der Waals surface area contributed by atoms with Crippen LogP contribution in [0.1, 0.15) is 45.8 Å². The van der Waals surface area contributed by atoms with Crippen molar-refractivity contribution in [1.29, 1.82) is 0 Å². The van der Waals surface area contributed by atoms with Gasteiger partial charge in [-0.15, -0.1) is 23.5 Å². The van der Waals surface area contributed by atoms with E-state index in [4.69, 9.17) is 4.42 Å². The van der Waals surface area contributed by atoms with E-state index in [1.54, 1.807) is 0 Å². The Balaban J connectivity index is 1.29. The Morgan fingerprint density at radius 1 is 1.10 bits per heavy atom. The van der Waals surface area contributed by atoms with Crippen LogP contribution in [-0.2, 0) is 17.0 Å². The molecule has 4 nitrogen and oxygen atoms in total. The molecule has 0 unspecified atom stereocenters. The van der Waals surface area contributed by atoms with Crippen LogP contribution in [0, 0.1) is 6.92 Å². The van der Waals surface area contributed by atoms with E-state index in [2.05, 4.69) is 65.7 Å². The van der Waals surface area contributed by atoms with E-state index in [1.807, 2.05) is 4.90 Å². The van der Waals surface area contributed by atoms with Crippen LogP contribution in [0.3, 0.4) is 0 Å². The van der Waals surface area contributed by atoms with Gasteiger partial charge in [0.1, 0.15) is 5.76 Å². The van der Waals surface area contributed by atoms with Crippen LogP contribution in [0.25, 0.3) is 0 Å². The third kappa shape index (κ3) is 3.64. The molecule has 6 heteroatoms. The van der Waals surface area contributed by atoms with Crippen LogP contribution in [0.2, 0.25) is 0 Å². The summed E-state index contributed by atoms with van der Waals surface area (Å²) in [5, 5.41) is 0. The van der Waals surface area contributed by atoms with Gasteiger partial charge >= 0.3 is 0 Å². The molecule has 1 spiro atoms. The van der Waals surface area contributed by atoms with Crippen molar-refractivity contribution in [2.75, 3.05) is 37.7 Å². The van der Waals surface area contributed by atoms with Gasteiger partial charge in [-0.05, 0) is 25.3 Å². The summed E-state index contributed by atoms with van der Waals surface area (Å²) in [5.74, 6) is 4.14. The SMILES string of the molecule is Cc1c(C(=O)N2CCN(Cc3ccccc3)CC2)oc2c1C1(CCC2)SCCS1. The average Bonchev–Trinajstić information content (AvgIpc) is 3.34. The molecule has 1 amide bonds. The molecule has 5 rings (SSSR count). The number of thioether (sulfide) groups is 2. The van der Waals surface area contributed by atoms with E-state index in [9.17, 15) is 4.79 Å². The summed E-state index contributed by atoms with van der Waals surface area (Å²) in [6.07, 6.45) is 3.32. The normalized spacial score (nSPS) is 21.5. The van der Waals surface area contributed by atoms with Crippen LogP contribution in [0.15, 0.2) is 34.7 Å². The Kier molecular flexibility index (Phi) is 5.43. The number of nitrogens with zero attached hydrogens (tertiary/aromatic N) is 2. The van der Waals surface area contributed by atoms with Crippen molar-refractivity contribution >= 4 is 29.4 Å². The predicted octanol–water partition coefficient (Wildman–Crippen LogP) is 4.52. The largest absolute Gasteiger partial charge is 0.455 e. The molecular formula is C23H28N2O2S2. The Morgan fingerprint density at radius 3 is 2.55 bits per heavy atom. The molecule has 2 saturated heterocycles. The maximum Gasteiger partial charge on any atom is 0.289 e. The summed E-state index contributed by atoms with van der Waals surface area (Å²) in [6.45, 7) is 6.42. The number of piperazine rings is 1. The highest BCUT2D eigenvalue weighted by Crippen LogP contribution is 2.59. The number of amides is 1. The highest BCUT2D eigenvalue weighted by molar-refractivity contribution is 8.20. The first-order valence-corrected chi connectivity index (χ1v) is 12.6. The molecule has 154 valence electrons. The summed E-state index contributed by atoms with van der Waals surface area (Å²) < 4.78 is 6.36. The zero-order valence-corrected chi connectivity index (χ0v) is 18.6. The van der Waals surface area contributed by atoms with Crippen molar-refractivity contribution in [2.24, 2.45) is 0 Å². The van der Waals surface area contributed by atoms with Gasteiger partial charge in [-0.3, -0.25) is 9.69 Å². The van der Waals surface area contributed by atoms with Crippen molar-refractivity contribution in [2.45, 2.75) is 36.8 Å². The second-order valence-corrected chi connectivity index (χ2v) is 11.3. The second kappa shape index (κ2) is 8.05. The fourth-order valence-electron chi connectivity index (χ4n) is 4.90. The number of aryl methyl sites for hydroxylation is 1. The number of carbonyl (C=O) groups is 1. The van der Waals surface area contributed by atoms with Crippen molar-refractivity contribution < 1.29 is 9.21 Å². The number of carbonyl (C=O) groups excluding carboxylic acids is 1. The lowest BCUT2D eigenvalue weighted by molar-refractivity contribution is 0.0595. The number of fused-ring (bicyclic) bond motifs is 2. The fourth-order valence-corrected chi connectivity index (χ4v) is 8.46. The van der Waals surface area contributed by atoms with E-state index in [-0.39, 0.29) is 9.99 Å². The number of rotatable bonds is 3. The molecule has 0 radical (unpaired) electrons. The molecule has 0 bridgehead atoms. The van der Waals surface area contributed by atoms with Crippen molar-refractivity contribution in [3.63, 3.8) is 0 Å². The summed E-state index contributed by atoms with van der Waals surface area (Å²) in [6, 6.07) is 10.6. The zero-order chi connectivity index (χ0) is 19.8. The van der Waals surface area contributed by atoms with Gasteiger partial charge in [0.25, 0.3) is 5.91 Å². The van der Waals surface area contributed by atoms with Gasteiger partial charge in [0, 0.05) is 61.8 Å². The summed E-state index contributed by atoms with van der Waals surface area (Å²) in [4.78, 5) is 17.7. The van der Waals surface area contributed by atoms with Crippen LogP contribution in [0.5, 0.6) is 0 Å². The maximum absolute atomic E-state index is 13.3.